The molecule has 0 radical (unpaired) electrons. The highest BCUT2D eigenvalue weighted by Gasteiger charge is 2.08. The first-order chi connectivity index (χ1) is 7.74. The van der Waals surface area contributed by atoms with E-state index in [1.165, 1.54) is 0 Å². The van der Waals surface area contributed by atoms with Crippen LogP contribution < -0.4 is 11.6 Å². The summed E-state index contributed by atoms with van der Waals surface area (Å²) in [6.07, 6.45) is 1.67. The predicted molar refractivity (Wildman–Crippen MR) is 60.1 cm³/mol. The molecule has 84 valence electrons. The van der Waals surface area contributed by atoms with Gasteiger partial charge in [0.25, 0.3) is 0 Å². The van der Waals surface area contributed by atoms with E-state index in [0.29, 0.717) is 0 Å². The number of benzene rings is 1. The Labute approximate surface area is 92.4 Å². The third-order valence-corrected chi connectivity index (χ3v) is 2.43. The fourth-order valence-corrected chi connectivity index (χ4v) is 1.70. The first-order valence-electron chi connectivity index (χ1n) is 4.91. The van der Waals surface area contributed by atoms with Gasteiger partial charge in [0.2, 0.25) is 0 Å². The minimum Gasteiger partial charge on any atom is -0.312 e. The maximum atomic E-state index is 11.6. The van der Waals surface area contributed by atoms with E-state index in [1.54, 1.807) is 10.8 Å². The van der Waals surface area contributed by atoms with Crippen LogP contribution >= 0.6 is 0 Å². The maximum absolute atomic E-state index is 11.6. The topological polar surface area (TPSA) is 73.0 Å². The molecule has 0 unspecified atom stereocenters. The Morgan fingerprint density at radius 3 is 2.81 bits per heavy atom. The van der Waals surface area contributed by atoms with Gasteiger partial charge in [-0.2, -0.15) is 0 Å². The van der Waals surface area contributed by atoms with Gasteiger partial charge in [-0.1, -0.05) is 18.2 Å². The molecule has 0 saturated carbocycles. The average molecular weight is 219 g/mol. The molecule has 0 aliphatic carbocycles. The number of imidazole rings is 1. The summed E-state index contributed by atoms with van der Waals surface area (Å²) in [5.74, 6) is 5.06. The van der Waals surface area contributed by atoms with Crippen molar-refractivity contribution in [3.63, 3.8) is 0 Å². The van der Waals surface area contributed by atoms with Crippen LogP contribution in [-0.4, -0.2) is 9.55 Å². The summed E-state index contributed by atoms with van der Waals surface area (Å²) in [6, 6.07) is 7.48. The number of H-pyrrole nitrogens is 1. The molecule has 0 amide bonds. The summed E-state index contributed by atoms with van der Waals surface area (Å²) in [5.41, 5.74) is 2.34. The number of hydrogen-bond acceptors (Lipinski definition) is 3. The average Bonchev–Trinajstić information content (AvgIpc) is 2.60. The molecular formula is C11H13N3O2. The molecule has 2 aromatic rings. The second kappa shape index (κ2) is 4.34. The molecule has 3 N–H and O–H groups in total. The molecule has 0 aliphatic rings. The van der Waals surface area contributed by atoms with Gasteiger partial charge in [0.1, 0.15) is 0 Å². The molecule has 16 heavy (non-hydrogen) atoms. The number of aromatic amines is 1. The molecule has 0 spiro atoms. The van der Waals surface area contributed by atoms with Crippen molar-refractivity contribution in [3.8, 4) is 5.69 Å². The van der Waals surface area contributed by atoms with Crippen molar-refractivity contribution in [2.75, 3.05) is 0 Å². The predicted octanol–water partition coefficient (Wildman–Crippen LogP) is 0.864. The van der Waals surface area contributed by atoms with Gasteiger partial charge in [-0.25, -0.2) is 10.7 Å². The molecule has 2 rings (SSSR count). The van der Waals surface area contributed by atoms with E-state index in [1.807, 2.05) is 31.2 Å². The lowest BCUT2D eigenvalue weighted by Gasteiger charge is -2.09. The van der Waals surface area contributed by atoms with Crippen LogP contribution in [0.1, 0.15) is 11.3 Å². The molecule has 0 saturated heterocycles. The number of nitrogens with one attached hydrogen (secondary N) is 1. The van der Waals surface area contributed by atoms with Crippen molar-refractivity contribution in [2.24, 2.45) is 5.90 Å². The van der Waals surface area contributed by atoms with Gasteiger partial charge in [0.15, 0.2) is 0 Å². The highest BCUT2D eigenvalue weighted by Crippen LogP contribution is 2.14. The molecule has 5 nitrogen and oxygen atoms in total. The zero-order valence-electron chi connectivity index (χ0n) is 8.93. The number of para-hydroxylation sites is 1. The Morgan fingerprint density at radius 1 is 1.44 bits per heavy atom. The van der Waals surface area contributed by atoms with Gasteiger partial charge < -0.3 is 4.98 Å². The zero-order valence-corrected chi connectivity index (χ0v) is 8.93. The molecule has 5 heteroatoms. The zero-order chi connectivity index (χ0) is 11.5. The van der Waals surface area contributed by atoms with Crippen LogP contribution in [-0.2, 0) is 11.4 Å². The molecule has 1 heterocycles. The maximum Gasteiger partial charge on any atom is 0.330 e. The lowest BCUT2D eigenvalue weighted by molar-refractivity contribution is 0.124. The van der Waals surface area contributed by atoms with Crippen LogP contribution in [0.15, 0.2) is 35.3 Å². The Hall–Kier alpha value is -1.85. The monoisotopic (exact) mass is 219 g/mol. The van der Waals surface area contributed by atoms with E-state index in [4.69, 9.17) is 5.90 Å². The lowest BCUT2D eigenvalue weighted by atomic mass is 10.2. The van der Waals surface area contributed by atoms with Crippen LogP contribution in [0.4, 0.5) is 0 Å². The largest absolute Gasteiger partial charge is 0.330 e. The number of hydrogen-bond donors (Lipinski definition) is 2. The first kappa shape index (κ1) is 10.7. The van der Waals surface area contributed by atoms with E-state index in [-0.39, 0.29) is 12.3 Å². The van der Waals surface area contributed by atoms with Crippen LogP contribution in [0.5, 0.6) is 0 Å². The molecule has 1 aromatic carbocycles. The van der Waals surface area contributed by atoms with Crippen LogP contribution in [0, 0.1) is 6.92 Å². The van der Waals surface area contributed by atoms with Crippen molar-refractivity contribution in [1.29, 1.82) is 0 Å². The second-order valence-electron chi connectivity index (χ2n) is 3.51. The summed E-state index contributed by atoms with van der Waals surface area (Å²) >= 11 is 0. The SMILES string of the molecule is Cc1c[nH]c(=O)n1-c1ccccc1CON. The summed E-state index contributed by atoms with van der Waals surface area (Å²) in [6.45, 7) is 2.13. The first-order valence-corrected chi connectivity index (χ1v) is 4.91. The number of nitrogens with zero attached hydrogens (tertiary/aromatic N) is 1. The third kappa shape index (κ3) is 1.78. The van der Waals surface area contributed by atoms with Crippen molar-refractivity contribution in [2.45, 2.75) is 13.5 Å². The molecule has 1 aromatic heterocycles. The Bertz CT molecular complexity index is 542. The van der Waals surface area contributed by atoms with Crippen LogP contribution in [0.2, 0.25) is 0 Å². The van der Waals surface area contributed by atoms with Crippen molar-refractivity contribution < 1.29 is 4.84 Å². The van der Waals surface area contributed by atoms with E-state index in [2.05, 4.69) is 9.82 Å². The fourth-order valence-electron chi connectivity index (χ4n) is 1.70. The second-order valence-corrected chi connectivity index (χ2v) is 3.51. The van der Waals surface area contributed by atoms with Crippen LogP contribution in [0.25, 0.3) is 5.69 Å². The van der Waals surface area contributed by atoms with E-state index >= 15 is 0 Å². The van der Waals surface area contributed by atoms with E-state index < -0.39 is 0 Å². The minimum absolute atomic E-state index is 0.165. The number of aromatic nitrogens is 2. The van der Waals surface area contributed by atoms with Crippen LogP contribution in [0.3, 0.4) is 0 Å². The summed E-state index contributed by atoms with van der Waals surface area (Å²) in [4.78, 5) is 18.9. The normalized spacial score (nSPS) is 10.6. The van der Waals surface area contributed by atoms with Gasteiger partial charge in [0.05, 0.1) is 12.3 Å². The van der Waals surface area contributed by atoms with Gasteiger partial charge in [-0.05, 0) is 13.0 Å². The van der Waals surface area contributed by atoms with Gasteiger partial charge >= 0.3 is 5.69 Å². The third-order valence-electron chi connectivity index (χ3n) is 2.43. The van der Waals surface area contributed by atoms with Crippen molar-refractivity contribution >= 4 is 0 Å². The van der Waals surface area contributed by atoms with E-state index in [9.17, 15) is 4.79 Å². The van der Waals surface area contributed by atoms with Gasteiger partial charge in [-0.15, -0.1) is 0 Å². The highest BCUT2D eigenvalue weighted by molar-refractivity contribution is 5.41. The van der Waals surface area contributed by atoms with E-state index in [0.717, 1.165) is 16.9 Å². The van der Waals surface area contributed by atoms with Crippen molar-refractivity contribution in [3.05, 3.63) is 52.2 Å². The summed E-state index contributed by atoms with van der Waals surface area (Å²) in [7, 11) is 0. The Kier molecular flexibility index (Phi) is 2.89. The van der Waals surface area contributed by atoms with Crippen molar-refractivity contribution in [1.82, 2.24) is 9.55 Å². The summed E-state index contributed by atoms with van der Waals surface area (Å²) < 4.78 is 1.59. The molecule has 0 aliphatic heterocycles. The Morgan fingerprint density at radius 2 is 2.19 bits per heavy atom. The quantitative estimate of drug-likeness (QED) is 0.752. The molecular weight excluding hydrogens is 206 g/mol. The fraction of sp³-hybridized carbons (Fsp3) is 0.182. The van der Waals surface area contributed by atoms with Gasteiger partial charge in [0, 0.05) is 17.5 Å². The number of rotatable bonds is 3. The standard InChI is InChI=1S/C11H13N3O2/c1-8-6-13-11(15)14(8)10-5-3-2-4-9(10)7-16-12/h2-6H,7,12H2,1H3,(H,13,15). The molecule has 0 bridgehead atoms. The Balaban J connectivity index is 2.60. The minimum atomic E-state index is -0.165. The summed E-state index contributed by atoms with van der Waals surface area (Å²) in [5, 5.41) is 0. The number of nitrogens with two attached hydrogens (primary N) is 1. The smallest absolute Gasteiger partial charge is 0.312 e. The number of aryl methyl sites for hydroxylation is 1. The lowest BCUT2D eigenvalue weighted by Crippen LogP contribution is -2.18. The molecule has 0 fully saturated rings. The highest BCUT2D eigenvalue weighted by atomic mass is 16.6. The van der Waals surface area contributed by atoms with Gasteiger partial charge in [-0.3, -0.25) is 9.40 Å². The molecule has 0 atom stereocenters.